The van der Waals surface area contributed by atoms with Gasteiger partial charge in [-0.1, -0.05) is 25.1 Å². The van der Waals surface area contributed by atoms with Crippen LogP contribution in [0.2, 0.25) is 0 Å². The summed E-state index contributed by atoms with van der Waals surface area (Å²) in [7, 11) is 3.36. The third-order valence-electron chi connectivity index (χ3n) is 7.32. The van der Waals surface area contributed by atoms with Crippen LogP contribution in [0.3, 0.4) is 0 Å². The fourth-order valence-corrected chi connectivity index (χ4v) is 5.22. The Kier molecular flexibility index (Phi) is 6.34. The second-order valence-electron chi connectivity index (χ2n) is 9.27. The number of methoxy groups -OCH3 is 2. The molecule has 4 rings (SSSR count). The van der Waals surface area contributed by atoms with Crippen molar-refractivity contribution in [3.05, 3.63) is 59.2 Å². The SMILES string of the molecule is COc1ccc(COc2ccc(C)c(C3([C@]4(C)CC[C@@H](OC)CC4)NC(=O)NC3=O)c2)cc1. The first-order chi connectivity index (χ1) is 15.8. The highest BCUT2D eigenvalue weighted by molar-refractivity contribution is 6.08. The summed E-state index contributed by atoms with van der Waals surface area (Å²) in [6, 6.07) is 13.0. The van der Waals surface area contributed by atoms with Crippen LogP contribution in [0.1, 0.15) is 49.3 Å². The number of carbonyl (C=O) groups excluding carboxylic acids is 2. The Morgan fingerprint density at radius 2 is 1.67 bits per heavy atom. The lowest BCUT2D eigenvalue weighted by atomic mass is 9.59. The van der Waals surface area contributed by atoms with Crippen LogP contribution in [0.25, 0.3) is 0 Å². The summed E-state index contributed by atoms with van der Waals surface area (Å²) < 4.78 is 16.8. The van der Waals surface area contributed by atoms with E-state index in [0.29, 0.717) is 12.4 Å². The van der Waals surface area contributed by atoms with Gasteiger partial charge < -0.3 is 19.5 Å². The van der Waals surface area contributed by atoms with E-state index in [2.05, 4.69) is 17.6 Å². The molecule has 1 aliphatic carbocycles. The zero-order valence-corrected chi connectivity index (χ0v) is 19.7. The summed E-state index contributed by atoms with van der Waals surface area (Å²) in [4.78, 5) is 25.8. The molecule has 0 aromatic heterocycles. The summed E-state index contributed by atoms with van der Waals surface area (Å²) in [5, 5.41) is 5.52. The highest BCUT2D eigenvalue weighted by atomic mass is 16.5. The molecule has 1 aliphatic heterocycles. The second kappa shape index (κ2) is 9.06. The molecule has 3 amide bonds. The zero-order valence-electron chi connectivity index (χ0n) is 19.7. The highest BCUT2D eigenvalue weighted by Crippen LogP contribution is 2.52. The molecule has 2 fully saturated rings. The minimum atomic E-state index is -1.16. The molecule has 176 valence electrons. The molecule has 0 spiro atoms. The normalized spacial score (nSPS) is 27.1. The largest absolute Gasteiger partial charge is 0.497 e. The average molecular weight is 453 g/mol. The molecule has 33 heavy (non-hydrogen) atoms. The van der Waals surface area contributed by atoms with Crippen LogP contribution in [0.15, 0.2) is 42.5 Å². The smallest absolute Gasteiger partial charge is 0.322 e. The van der Waals surface area contributed by atoms with Gasteiger partial charge in [-0.2, -0.15) is 0 Å². The van der Waals surface area contributed by atoms with Gasteiger partial charge >= 0.3 is 6.03 Å². The van der Waals surface area contributed by atoms with Gasteiger partial charge in [0.25, 0.3) is 5.91 Å². The number of carbonyl (C=O) groups is 2. The lowest BCUT2D eigenvalue weighted by molar-refractivity contribution is -0.131. The molecule has 7 nitrogen and oxygen atoms in total. The molecule has 2 N–H and O–H groups in total. The quantitative estimate of drug-likeness (QED) is 0.615. The first-order valence-electron chi connectivity index (χ1n) is 11.3. The molecule has 1 saturated heterocycles. The van der Waals surface area contributed by atoms with Crippen LogP contribution in [-0.4, -0.2) is 32.3 Å². The molecular formula is C26H32N2O5. The summed E-state index contributed by atoms with van der Waals surface area (Å²) >= 11 is 0. The van der Waals surface area contributed by atoms with Crippen LogP contribution in [-0.2, 0) is 21.7 Å². The third kappa shape index (κ3) is 4.17. The van der Waals surface area contributed by atoms with Crippen LogP contribution >= 0.6 is 0 Å². The molecule has 1 saturated carbocycles. The van der Waals surface area contributed by atoms with Gasteiger partial charge in [-0.3, -0.25) is 10.1 Å². The number of urea groups is 1. The first kappa shape index (κ1) is 23.1. The van der Waals surface area contributed by atoms with Crippen molar-refractivity contribution in [2.45, 2.75) is 57.8 Å². The monoisotopic (exact) mass is 452 g/mol. The van der Waals surface area contributed by atoms with Crippen molar-refractivity contribution in [3.63, 3.8) is 0 Å². The second-order valence-corrected chi connectivity index (χ2v) is 9.27. The van der Waals surface area contributed by atoms with E-state index in [9.17, 15) is 9.59 Å². The Hall–Kier alpha value is -3.06. The Labute approximate surface area is 194 Å². The number of ether oxygens (including phenoxy) is 3. The number of imide groups is 1. The minimum Gasteiger partial charge on any atom is -0.497 e. The number of benzene rings is 2. The van der Waals surface area contributed by atoms with Crippen LogP contribution in [0.4, 0.5) is 4.79 Å². The average Bonchev–Trinajstić information content (AvgIpc) is 3.14. The number of hydrogen-bond donors (Lipinski definition) is 2. The van der Waals surface area contributed by atoms with Crippen molar-refractivity contribution in [2.24, 2.45) is 5.41 Å². The van der Waals surface area contributed by atoms with Gasteiger partial charge in [0.15, 0.2) is 5.54 Å². The molecule has 0 bridgehead atoms. The van der Waals surface area contributed by atoms with Gasteiger partial charge in [0.2, 0.25) is 0 Å². The van der Waals surface area contributed by atoms with E-state index in [1.807, 2.05) is 49.4 Å². The van der Waals surface area contributed by atoms with Gasteiger partial charge in [0.1, 0.15) is 18.1 Å². The fraction of sp³-hybridized carbons (Fsp3) is 0.462. The van der Waals surface area contributed by atoms with E-state index < -0.39 is 17.0 Å². The lowest BCUT2D eigenvalue weighted by Gasteiger charge is -2.48. The van der Waals surface area contributed by atoms with Crippen molar-refractivity contribution in [2.75, 3.05) is 14.2 Å². The Morgan fingerprint density at radius 1 is 1.00 bits per heavy atom. The molecule has 2 aromatic rings. The number of rotatable bonds is 7. The van der Waals surface area contributed by atoms with Crippen LogP contribution in [0, 0.1) is 12.3 Å². The summed E-state index contributed by atoms with van der Waals surface area (Å²) in [6.45, 7) is 4.44. The molecule has 1 unspecified atom stereocenters. The van der Waals surface area contributed by atoms with Crippen LogP contribution < -0.4 is 20.1 Å². The van der Waals surface area contributed by atoms with Gasteiger partial charge in [-0.15, -0.1) is 0 Å². The van der Waals surface area contributed by atoms with E-state index in [0.717, 1.165) is 48.1 Å². The van der Waals surface area contributed by atoms with Gasteiger partial charge in [-0.25, -0.2) is 4.79 Å². The molecule has 1 atom stereocenters. The summed E-state index contributed by atoms with van der Waals surface area (Å²) in [5.41, 5.74) is 1.09. The number of nitrogens with one attached hydrogen (secondary N) is 2. The van der Waals surface area contributed by atoms with Crippen molar-refractivity contribution < 1.29 is 23.8 Å². The summed E-state index contributed by atoms with van der Waals surface area (Å²) in [5.74, 6) is 1.13. The Morgan fingerprint density at radius 3 is 2.24 bits per heavy atom. The van der Waals surface area contributed by atoms with Crippen molar-refractivity contribution in [1.82, 2.24) is 10.6 Å². The van der Waals surface area contributed by atoms with Crippen molar-refractivity contribution in [3.8, 4) is 11.5 Å². The maximum Gasteiger partial charge on any atom is 0.322 e. The summed E-state index contributed by atoms with van der Waals surface area (Å²) in [6.07, 6.45) is 3.37. The molecule has 7 heteroatoms. The molecule has 2 aromatic carbocycles. The van der Waals surface area contributed by atoms with Crippen LogP contribution in [0.5, 0.6) is 11.5 Å². The van der Waals surface area contributed by atoms with Gasteiger partial charge in [0.05, 0.1) is 13.2 Å². The van der Waals surface area contributed by atoms with Gasteiger partial charge in [-0.05, 0) is 73.6 Å². The molecule has 1 heterocycles. The van der Waals surface area contributed by atoms with Crippen molar-refractivity contribution in [1.29, 1.82) is 0 Å². The maximum absolute atomic E-state index is 13.4. The standard InChI is InChI=1S/C26H32N2O5/c1-17-5-8-21(33-16-18-6-9-19(31-3)10-7-18)15-22(17)26(23(29)27-24(30)28-26)25(2)13-11-20(32-4)12-14-25/h5-10,15,20H,11-14,16H2,1-4H3,(H2,27,28,29,30)/t20-,25-,26?. The minimum absolute atomic E-state index is 0.176. The lowest BCUT2D eigenvalue weighted by Crippen LogP contribution is -2.58. The number of hydrogen-bond acceptors (Lipinski definition) is 5. The van der Waals surface area contributed by atoms with Crippen molar-refractivity contribution >= 4 is 11.9 Å². The zero-order chi connectivity index (χ0) is 23.6. The molecule has 2 aliphatic rings. The molecular weight excluding hydrogens is 420 g/mol. The van der Waals surface area contributed by atoms with E-state index in [4.69, 9.17) is 14.2 Å². The predicted molar refractivity (Wildman–Crippen MR) is 124 cm³/mol. The van der Waals surface area contributed by atoms with E-state index in [1.165, 1.54) is 0 Å². The van der Waals surface area contributed by atoms with Gasteiger partial charge in [0, 0.05) is 12.5 Å². The number of amides is 3. The highest BCUT2D eigenvalue weighted by Gasteiger charge is 2.60. The fourth-order valence-electron chi connectivity index (χ4n) is 5.22. The molecule has 0 radical (unpaired) electrons. The third-order valence-corrected chi connectivity index (χ3v) is 7.32. The Bertz CT molecular complexity index is 1030. The van der Waals surface area contributed by atoms with E-state index in [-0.39, 0.29) is 12.0 Å². The topological polar surface area (TPSA) is 85.9 Å². The first-order valence-corrected chi connectivity index (χ1v) is 11.3. The van der Waals surface area contributed by atoms with E-state index >= 15 is 0 Å². The Balaban J connectivity index is 1.66. The maximum atomic E-state index is 13.4. The number of aryl methyl sites for hydroxylation is 1. The van der Waals surface area contributed by atoms with E-state index in [1.54, 1.807) is 14.2 Å². The predicted octanol–water partition coefficient (Wildman–Crippen LogP) is 4.21.